The van der Waals surface area contributed by atoms with E-state index in [9.17, 15) is 4.79 Å². The molecule has 0 bridgehead atoms. The molecule has 2 rings (SSSR count). The van der Waals surface area contributed by atoms with Crippen molar-refractivity contribution >= 4 is 34.3 Å². The third-order valence-electron chi connectivity index (χ3n) is 3.04. The molecule has 0 radical (unpaired) electrons. The molecule has 0 aliphatic rings. The quantitative estimate of drug-likeness (QED) is 0.653. The van der Waals surface area contributed by atoms with Crippen LogP contribution in [0.3, 0.4) is 0 Å². The Hall–Kier alpha value is -2.41. The fourth-order valence-electron chi connectivity index (χ4n) is 1.86. The van der Waals surface area contributed by atoms with Crippen LogP contribution < -0.4 is 16.1 Å². The largest absolute Gasteiger partial charge is 0.378 e. The number of thiazole rings is 1. The first-order valence-electron chi connectivity index (χ1n) is 6.87. The van der Waals surface area contributed by atoms with Crippen molar-refractivity contribution in [1.82, 2.24) is 10.4 Å². The number of nitrogens with two attached hydrogens (primary N) is 1. The number of aryl methyl sites for hydroxylation is 1. The lowest BCUT2D eigenvalue weighted by molar-refractivity contribution is 0.0958. The molecular formula is C15H19N5OS. The molecule has 0 atom stereocenters. The van der Waals surface area contributed by atoms with Gasteiger partial charge in [-0.2, -0.15) is 5.10 Å². The number of nitrogen functional groups attached to an aromatic ring is 1. The summed E-state index contributed by atoms with van der Waals surface area (Å²) in [6, 6.07) is 7.85. The minimum atomic E-state index is -0.285. The molecule has 0 unspecified atom stereocenters. The number of aromatic nitrogens is 1. The standard InChI is InChI=1S/C15H19N5OS/c1-4-12-13(22-15(16)18-12)14(21)19-17-9-10-5-7-11(8-6-10)20(2)3/h5-9H,4H2,1-3H3,(H2,16,18)(H,19,21)/b17-9-. The zero-order valence-corrected chi connectivity index (χ0v) is 13.6. The van der Waals surface area contributed by atoms with E-state index in [0.29, 0.717) is 22.1 Å². The zero-order chi connectivity index (χ0) is 16.1. The molecule has 1 aromatic heterocycles. The van der Waals surface area contributed by atoms with E-state index in [-0.39, 0.29) is 5.91 Å². The number of rotatable bonds is 5. The fraction of sp³-hybridized carbons (Fsp3) is 0.267. The van der Waals surface area contributed by atoms with Crippen LogP contribution in [0, 0.1) is 0 Å². The topological polar surface area (TPSA) is 83.6 Å². The minimum absolute atomic E-state index is 0.285. The summed E-state index contributed by atoms with van der Waals surface area (Å²) in [6.45, 7) is 1.93. The van der Waals surface area contributed by atoms with Crippen LogP contribution in [0.4, 0.5) is 10.8 Å². The number of carbonyl (C=O) groups excluding carboxylic acids is 1. The maximum Gasteiger partial charge on any atom is 0.283 e. The molecule has 3 N–H and O–H groups in total. The minimum Gasteiger partial charge on any atom is -0.378 e. The highest BCUT2D eigenvalue weighted by Gasteiger charge is 2.15. The van der Waals surface area contributed by atoms with Gasteiger partial charge in [-0.1, -0.05) is 30.4 Å². The van der Waals surface area contributed by atoms with Crippen molar-refractivity contribution in [3.8, 4) is 0 Å². The summed E-state index contributed by atoms with van der Waals surface area (Å²) in [4.78, 5) is 18.7. The molecule has 1 amide bonds. The van der Waals surface area contributed by atoms with Gasteiger partial charge in [-0.05, 0) is 24.1 Å². The monoisotopic (exact) mass is 317 g/mol. The highest BCUT2D eigenvalue weighted by Crippen LogP contribution is 2.20. The summed E-state index contributed by atoms with van der Waals surface area (Å²) in [5, 5.41) is 4.37. The molecule has 0 fully saturated rings. The fourth-order valence-corrected chi connectivity index (χ4v) is 2.67. The van der Waals surface area contributed by atoms with Crippen LogP contribution in [-0.4, -0.2) is 31.2 Å². The highest BCUT2D eigenvalue weighted by atomic mass is 32.1. The van der Waals surface area contributed by atoms with E-state index in [1.807, 2.05) is 50.2 Å². The van der Waals surface area contributed by atoms with Crippen molar-refractivity contribution < 1.29 is 4.79 Å². The Labute approximate surface area is 133 Å². The number of hydrazone groups is 1. The molecule has 6 nitrogen and oxygen atoms in total. The first-order valence-corrected chi connectivity index (χ1v) is 7.69. The maximum atomic E-state index is 12.1. The van der Waals surface area contributed by atoms with Crippen molar-refractivity contribution in [1.29, 1.82) is 0 Å². The summed E-state index contributed by atoms with van der Waals surface area (Å²) in [6.07, 6.45) is 2.26. The van der Waals surface area contributed by atoms with E-state index in [4.69, 9.17) is 5.73 Å². The van der Waals surface area contributed by atoms with Gasteiger partial charge in [0.25, 0.3) is 5.91 Å². The van der Waals surface area contributed by atoms with Crippen LogP contribution in [0.25, 0.3) is 0 Å². The maximum absolute atomic E-state index is 12.1. The first kappa shape index (κ1) is 16.0. The average molecular weight is 317 g/mol. The predicted molar refractivity (Wildman–Crippen MR) is 91.7 cm³/mol. The van der Waals surface area contributed by atoms with Crippen molar-refractivity contribution in [2.24, 2.45) is 5.10 Å². The second kappa shape index (κ2) is 7.04. The van der Waals surface area contributed by atoms with Gasteiger partial charge < -0.3 is 10.6 Å². The zero-order valence-electron chi connectivity index (χ0n) is 12.8. The Kier molecular flexibility index (Phi) is 5.11. The Morgan fingerprint density at radius 1 is 1.41 bits per heavy atom. The van der Waals surface area contributed by atoms with Gasteiger partial charge in [0, 0.05) is 19.8 Å². The SMILES string of the molecule is CCc1nc(N)sc1C(=O)N/N=C\c1ccc(N(C)C)cc1. The molecule has 0 saturated heterocycles. The van der Waals surface area contributed by atoms with E-state index >= 15 is 0 Å². The number of nitrogens with zero attached hydrogens (tertiary/aromatic N) is 3. The Morgan fingerprint density at radius 2 is 2.09 bits per heavy atom. The lowest BCUT2D eigenvalue weighted by Crippen LogP contribution is -2.17. The van der Waals surface area contributed by atoms with E-state index in [2.05, 4.69) is 15.5 Å². The molecule has 1 aromatic carbocycles. The van der Waals surface area contributed by atoms with Gasteiger partial charge >= 0.3 is 0 Å². The molecule has 1 heterocycles. The molecule has 7 heteroatoms. The van der Waals surface area contributed by atoms with Gasteiger partial charge in [-0.15, -0.1) is 0 Å². The Balaban J connectivity index is 2.01. The lowest BCUT2D eigenvalue weighted by Gasteiger charge is -2.11. The van der Waals surface area contributed by atoms with E-state index in [0.717, 1.165) is 11.3 Å². The highest BCUT2D eigenvalue weighted by molar-refractivity contribution is 7.17. The molecule has 22 heavy (non-hydrogen) atoms. The third kappa shape index (κ3) is 3.82. The second-order valence-electron chi connectivity index (χ2n) is 4.87. The number of nitrogens with one attached hydrogen (secondary N) is 1. The van der Waals surface area contributed by atoms with E-state index in [1.54, 1.807) is 6.21 Å². The third-order valence-corrected chi connectivity index (χ3v) is 3.97. The number of anilines is 2. The number of hydrogen-bond donors (Lipinski definition) is 2. The van der Waals surface area contributed by atoms with Crippen LogP contribution in [-0.2, 0) is 6.42 Å². The number of hydrogen-bond acceptors (Lipinski definition) is 6. The van der Waals surface area contributed by atoms with E-state index in [1.165, 1.54) is 11.3 Å². The van der Waals surface area contributed by atoms with Crippen molar-refractivity contribution in [2.75, 3.05) is 24.7 Å². The number of benzene rings is 1. The van der Waals surface area contributed by atoms with Gasteiger partial charge in [0.05, 0.1) is 11.9 Å². The van der Waals surface area contributed by atoms with Crippen molar-refractivity contribution in [3.05, 3.63) is 40.4 Å². The molecule has 0 spiro atoms. The van der Waals surface area contributed by atoms with Gasteiger partial charge in [-0.25, -0.2) is 10.4 Å². The predicted octanol–water partition coefficient (Wildman–Crippen LogP) is 2.12. The van der Waals surface area contributed by atoms with Gasteiger partial charge in [-0.3, -0.25) is 4.79 Å². The smallest absolute Gasteiger partial charge is 0.283 e. The average Bonchev–Trinajstić information content (AvgIpc) is 2.89. The van der Waals surface area contributed by atoms with E-state index < -0.39 is 0 Å². The van der Waals surface area contributed by atoms with Crippen LogP contribution in [0.1, 0.15) is 27.9 Å². The van der Waals surface area contributed by atoms with Gasteiger partial charge in [0.2, 0.25) is 0 Å². The number of carbonyl (C=O) groups is 1. The molecular weight excluding hydrogens is 298 g/mol. The summed E-state index contributed by atoms with van der Waals surface area (Å²) in [5.41, 5.74) is 10.9. The first-order chi connectivity index (χ1) is 10.5. The molecule has 2 aromatic rings. The van der Waals surface area contributed by atoms with Crippen LogP contribution in [0.2, 0.25) is 0 Å². The summed E-state index contributed by atoms with van der Waals surface area (Å²) >= 11 is 1.17. The molecule has 0 aliphatic carbocycles. The van der Waals surface area contributed by atoms with Crippen LogP contribution in [0.5, 0.6) is 0 Å². The summed E-state index contributed by atoms with van der Waals surface area (Å²) in [7, 11) is 3.96. The van der Waals surface area contributed by atoms with Crippen molar-refractivity contribution in [3.63, 3.8) is 0 Å². The normalized spacial score (nSPS) is 10.9. The number of amides is 1. The Bertz CT molecular complexity index is 676. The summed E-state index contributed by atoms with van der Waals surface area (Å²) < 4.78 is 0. The molecule has 0 saturated carbocycles. The Morgan fingerprint density at radius 3 is 2.68 bits per heavy atom. The summed E-state index contributed by atoms with van der Waals surface area (Å²) in [5.74, 6) is -0.285. The van der Waals surface area contributed by atoms with Gasteiger partial charge in [0.1, 0.15) is 4.88 Å². The second-order valence-corrected chi connectivity index (χ2v) is 5.90. The van der Waals surface area contributed by atoms with Crippen molar-refractivity contribution in [2.45, 2.75) is 13.3 Å². The lowest BCUT2D eigenvalue weighted by atomic mass is 10.2. The van der Waals surface area contributed by atoms with Crippen LogP contribution >= 0.6 is 11.3 Å². The van der Waals surface area contributed by atoms with Crippen LogP contribution in [0.15, 0.2) is 29.4 Å². The molecule has 116 valence electrons. The molecule has 0 aliphatic heterocycles. The van der Waals surface area contributed by atoms with Gasteiger partial charge in [0.15, 0.2) is 5.13 Å².